The highest BCUT2D eigenvalue weighted by molar-refractivity contribution is 5.52. The van der Waals surface area contributed by atoms with Crippen molar-refractivity contribution in [2.45, 2.75) is 44.8 Å². The third-order valence-corrected chi connectivity index (χ3v) is 6.96. The molecule has 0 saturated carbocycles. The van der Waals surface area contributed by atoms with Crippen molar-refractivity contribution < 1.29 is 19.0 Å². The highest BCUT2D eigenvalue weighted by Crippen LogP contribution is 2.42. The Balaban J connectivity index is 1.53. The first-order valence-electron chi connectivity index (χ1n) is 10.9. The summed E-state index contributed by atoms with van der Waals surface area (Å²) in [5, 5.41) is 9.84. The molecule has 1 saturated heterocycles. The van der Waals surface area contributed by atoms with Crippen LogP contribution < -0.4 is 4.90 Å². The van der Waals surface area contributed by atoms with Crippen LogP contribution in [0.1, 0.15) is 48.8 Å². The summed E-state index contributed by atoms with van der Waals surface area (Å²) < 4.78 is 26.0. The first kappa shape index (κ1) is 21.1. The van der Waals surface area contributed by atoms with Gasteiger partial charge >= 0.3 is 0 Å². The number of ether oxygens (including phenoxy) is 2. The molecule has 5 heteroatoms. The van der Waals surface area contributed by atoms with Crippen molar-refractivity contribution in [3.05, 3.63) is 58.9 Å². The van der Waals surface area contributed by atoms with Gasteiger partial charge in [-0.3, -0.25) is 0 Å². The number of nitrogens with zero attached hydrogens (tertiary/aromatic N) is 1. The molecule has 1 heterocycles. The fourth-order valence-electron chi connectivity index (χ4n) is 5.34. The summed E-state index contributed by atoms with van der Waals surface area (Å²) >= 11 is 0. The third-order valence-electron chi connectivity index (χ3n) is 6.96. The highest BCUT2D eigenvalue weighted by atomic mass is 19.1. The van der Waals surface area contributed by atoms with Crippen LogP contribution in [0.4, 0.5) is 10.1 Å². The first-order chi connectivity index (χ1) is 14.5. The van der Waals surface area contributed by atoms with Crippen LogP contribution in [0.25, 0.3) is 0 Å². The Labute approximate surface area is 178 Å². The van der Waals surface area contributed by atoms with Crippen molar-refractivity contribution in [3.63, 3.8) is 0 Å². The zero-order valence-electron chi connectivity index (χ0n) is 18.1. The average Bonchev–Trinajstić information content (AvgIpc) is 2.75. The van der Waals surface area contributed by atoms with E-state index in [4.69, 9.17) is 9.47 Å². The number of anilines is 1. The van der Waals surface area contributed by atoms with Gasteiger partial charge in [0.05, 0.1) is 5.69 Å². The van der Waals surface area contributed by atoms with Crippen LogP contribution in [0, 0.1) is 17.7 Å². The number of benzene rings is 2. The predicted octanol–water partition coefficient (Wildman–Crippen LogP) is 5.08. The molecule has 30 heavy (non-hydrogen) atoms. The molecule has 2 aromatic carbocycles. The van der Waals surface area contributed by atoms with Gasteiger partial charge in [0.1, 0.15) is 11.6 Å². The van der Waals surface area contributed by atoms with Gasteiger partial charge in [-0.15, -0.1) is 0 Å². The van der Waals surface area contributed by atoms with Gasteiger partial charge in [-0.25, -0.2) is 4.39 Å². The second kappa shape index (κ2) is 8.94. The molecule has 0 aromatic heterocycles. The maximum absolute atomic E-state index is 15.2. The molecule has 1 fully saturated rings. The normalized spacial score (nSPS) is 22.4. The molecule has 1 aliphatic carbocycles. The smallest absolute Gasteiger partial charge is 0.159 e. The van der Waals surface area contributed by atoms with Gasteiger partial charge in [0.15, 0.2) is 6.29 Å². The van der Waals surface area contributed by atoms with Crippen LogP contribution >= 0.6 is 0 Å². The monoisotopic (exact) mass is 413 g/mol. The lowest BCUT2D eigenvalue weighted by atomic mass is 9.72. The van der Waals surface area contributed by atoms with Crippen LogP contribution in [0.3, 0.4) is 0 Å². The summed E-state index contributed by atoms with van der Waals surface area (Å²) in [6, 6.07) is 11.3. The van der Waals surface area contributed by atoms with E-state index in [1.165, 1.54) is 11.1 Å². The molecule has 162 valence electrons. The van der Waals surface area contributed by atoms with Crippen molar-refractivity contribution in [3.8, 4) is 5.75 Å². The van der Waals surface area contributed by atoms with Gasteiger partial charge in [0.25, 0.3) is 0 Å². The molecule has 0 bridgehead atoms. The quantitative estimate of drug-likeness (QED) is 0.694. The summed E-state index contributed by atoms with van der Waals surface area (Å²) in [6.45, 7) is 3.83. The number of methoxy groups -OCH3 is 2. The molecule has 2 aliphatic rings. The van der Waals surface area contributed by atoms with Crippen LogP contribution in [-0.2, 0) is 15.9 Å². The molecule has 4 nitrogen and oxygen atoms in total. The Kier molecular flexibility index (Phi) is 6.30. The van der Waals surface area contributed by atoms with E-state index in [0.717, 1.165) is 44.3 Å². The number of aromatic hydroxyl groups is 1. The number of piperidine rings is 1. The Morgan fingerprint density at radius 3 is 2.43 bits per heavy atom. The molecular weight excluding hydrogens is 381 g/mol. The second-order valence-corrected chi connectivity index (χ2v) is 8.75. The molecule has 1 aliphatic heterocycles. The minimum absolute atomic E-state index is 0.154. The molecular formula is C25H32FNO3. The number of phenolic OH excluding ortho intramolecular Hbond substituents is 1. The topological polar surface area (TPSA) is 41.9 Å². The highest BCUT2D eigenvalue weighted by Gasteiger charge is 2.30. The summed E-state index contributed by atoms with van der Waals surface area (Å²) in [7, 11) is 3.34. The van der Waals surface area contributed by atoms with Gasteiger partial charge in [0, 0.05) is 39.1 Å². The maximum atomic E-state index is 15.2. The zero-order chi connectivity index (χ0) is 21.3. The lowest BCUT2D eigenvalue weighted by molar-refractivity contribution is -0.141. The van der Waals surface area contributed by atoms with E-state index in [1.54, 1.807) is 26.4 Å². The van der Waals surface area contributed by atoms with E-state index < -0.39 is 0 Å². The number of hydrogen-bond acceptors (Lipinski definition) is 4. The Hall–Kier alpha value is -2.11. The summed E-state index contributed by atoms with van der Waals surface area (Å²) in [5.41, 5.74) is 4.09. The fourth-order valence-corrected chi connectivity index (χ4v) is 5.34. The Morgan fingerprint density at radius 1 is 1.03 bits per heavy atom. The van der Waals surface area contributed by atoms with E-state index in [-0.39, 0.29) is 18.0 Å². The average molecular weight is 414 g/mol. The van der Waals surface area contributed by atoms with Crippen LogP contribution in [-0.4, -0.2) is 38.7 Å². The molecule has 4 rings (SSSR count). The van der Waals surface area contributed by atoms with Crippen molar-refractivity contribution in [1.82, 2.24) is 0 Å². The number of fused-ring (bicyclic) bond motifs is 1. The largest absolute Gasteiger partial charge is 0.508 e. The molecule has 0 amide bonds. The SMILES string of the molecule is COC(OC)C1CCN(c2ccc([C@H]3c4ccc(O)cc4CC[C@H]3C)cc2F)CC1. The van der Waals surface area contributed by atoms with Crippen LogP contribution in [0.2, 0.25) is 0 Å². The molecule has 2 atom stereocenters. The zero-order valence-corrected chi connectivity index (χ0v) is 18.1. The fraction of sp³-hybridized carbons (Fsp3) is 0.520. The van der Waals surface area contributed by atoms with Gasteiger partial charge in [-0.05, 0) is 72.6 Å². The van der Waals surface area contributed by atoms with E-state index in [1.807, 2.05) is 18.2 Å². The van der Waals surface area contributed by atoms with Crippen LogP contribution in [0.5, 0.6) is 5.75 Å². The minimum Gasteiger partial charge on any atom is -0.508 e. The second-order valence-electron chi connectivity index (χ2n) is 8.75. The Bertz CT molecular complexity index is 875. The minimum atomic E-state index is -0.188. The van der Waals surface area contributed by atoms with Crippen molar-refractivity contribution in [2.75, 3.05) is 32.2 Å². The lowest BCUT2D eigenvalue weighted by Gasteiger charge is -2.36. The van der Waals surface area contributed by atoms with E-state index >= 15 is 4.39 Å². The number of halogens is 1. The van der Waals surface area contributed by atoms with E-state index in [0.29, 0.717) is 23.3 Å². The predicted molar refractivity (Wildman–Crippen MR) is 117 cm³/mol. The standard InChI is InChI=1S/C25H32FNO3/c1-16-4-5-18-14-20(28)7-8-21(18)24(16)19-6-9-23(22(26)15-19)27-12-10-17(11-13-27)25(29-2)30-3/h6-9,14-17,24-25,28H,4-5,10-13H2,1-3H3/t16-,24+/m1/s1. The van der Waals surface area contributed by atoms with Gasteiger partial charge in [-0.1, -0.05) is 19.1 Å². The number of phenols is 1. The van der Waals surface area contributed by atoms with Crippen molar-refractivity contribution in [1.29, 1.82) is 0 Å². The number of aryl methyl sites for hydroxylation is 1. The molecule has 0 unspecified atom stereocenters. The molecule has 1 N–H and O–H groups in total. The Morgan fingerprint density at radius 2 is 1.77 bits per heavy atom. The first-order valence-corrected chi connectivity index (χ1v) is 10.9. The van der Waals surface area contributed by atoms with Gasteiger partial charge < -0.3 is 19.5 Å². The number of hydrogen-bond donors (Lipinski definition) is 1. The summed E-state index contributed by atoms with van der Waals surface area (Å²) in [6.07, 6.45) is 3.65. The summed E-state index contributed by atoms with van der Waals surface area (Å²) in [4.78, 5) is 2.13. The summed E-state index contributed by atoms with van der Waals surface area (Å²) in [5.74, 6) is 1.08. The van der Waals surface area contributed by atoms with Gasteiger partial charge in [-0.2, -0.15) is 0 Å². The van der Waals surface area contributed by atoms with Crippen LogP contribution in [0.15, 0.2) is 36.4 Å². The van der Waals surface area contributed by atoms with Crippen molar-refractivity contribution in [2.24, 2.45) is 11.8 Å². The van der Waals surface area contributed by atoms with E-state index in [9.17, 15) is 5.11 Å². The lowest BCUT2D eigenvalue weighted by Crippen LogP contribution is -2.39. The van der Waals surface area contributed by atoms with Crippen molar-refractivity contribution >= 4 is 5.69 Å². The molecule has 0 radical (unpaired) electrons. The number of rotatable bonds is 5. The molecule has 2 aromatic rings. The maximum Gasteiger partial charge on any atom is 0.159 e. The van der Waals surface area contributed by atoms with E-state index in [2.05, 4.69) is 17.9 Å². The third kappa shape index (κ3) is 4.06. The molecule has 0 spiro atoms. The van der Waals surface area contributed by atoms with Gasteiger partial charge in [0.2, 0.25) is 0 Å².